The number of carbonyl (C=O) groups is 1. The van der Waals surface area contributed by atoms with Crippen LogP contribution in [0.2, 0.25) is 0 Å². The minimum Gasteiger partial charge on any atom is -0.497 e. The Morgan fingerprint density at radius 3 is 2.50 bits per heavy atom. The van der Waals surface area contributed by atoms with Gasteiger partial charge in [0.2, 0.25) is 5.91 Å². The molecule has 0 N–H and O–H groups in total. The predicted molar refractivity (Wildman–Crippen MR) is 132 cm³/mol. The van der Waals surface area contributed by atoms with Gasteiger partial charge in [-0.1, -0.05) is 41.7 Å². The zero-order valence-corrected chi connectivity index (χ0v) is 19.6. The number of benzene rings is 3. The summed E-state index contributed by atoms with van der Waals surface area (Å²) in [6.07, 6.45) is 0. The van der Waals surface area contributed by atoms with Gasteiger partial charge in [0.05, 0.1) is 36.2 Å². The molecule has 4 aromatic rings. The van der Waals surface area contributed by atoms with Crippen LogP contribution in [-0.2, 0) is 11.3 Å². The number of fused-ring (bicyclic) bond motifs is 1. The van der Waals surface area contributed by atoms with Crippen LogP contribution in [0.3, 0.4) is 0 Å². The van der Waals surface area contributed by atoms with Crippen molar-refractivity contribution in [2.24, 2.45) is 0 Å². The minimum atomic E-state index is 0.0127. The molecule has 5 nitrogen and oxygen atoms in total. The fraction of sp³-hybridized carbons (Fsp3) is 0.200. The summed E-state index contributed by atoms with van der Waals surface area (Å²) in [4.78, 5) is 20.9. The first-order chi connectivity index (χ1) is 15.7. The fourth-order valence-electron chi connectivity index (χ4n) is 3.19. The molecule has 0 radical (unpaired) electrons. The summed E-state index contributed by atoms with van der Waals surface area (Å²) in [5, 5.41) is 0.692. The Hall–Kier alpha value is -3.03. The standard InChI is InChI=1S/C25H24N2O3S2/c1-3-30-20-11-14-22-23(15-20)32-25(26-22)27(16-18-7-5-4-6-8-18)24(28)17-31-21-12-9-19(29-2)10-13-21/h4-15H,3,16-17H2,1-2H3. The third kappa shape index (κ3) is 5.41. The number of ether oxygens (including phenoxy) is 2. The minimum absolute atomic E-state index is 0.0127. The normalized spacial score (nSPS) is 10.8. The van der Waals surface area contributed by atoms with Gasteiger partial charge in [-0.2, -0.15) is 0 Å². The van der Waals surface area contributed by atoms with Crippen molar-refractivity contribution in [1.82, 2.24) is 4.98 Å². The van der Waals surface area contributed by atoms with Gasteiger partial charge in [-0.3, -0.25) is 9.69 Å². The van der Waals surface area contributed by atoms with E-state index in [-0.39, 0.29) is 5.91 Å². The predicted octanol–water partition coefficient (Wildman–Crippen LogP) is 6.03. The molecule has 0 saturated heterocycles. The number of methoxy groups -OCH3 is 1. The Kier molecular flexibility index (Phi) is 7.29. The van der Waals surface area contributed by atoms with Crippen LogP contribution < -0.4 is 14.4 Å². The lowest BCUT2D eigenvalue weighted by atomic mass is 10.2. The highest BCUT2D eigenvalue weighted by Gasteiger charge is 2.21. The number of hydrogen-bond acceptors (Lipinski definition) is 6. The number of carbonyl (C=O) groups excluding carboxylic acids is 1. The summed E-state index contributed by atoms with van der Waals surface area (Å²) >= 11 is 3.02. The quantitative estimate of drug-likeness (QED) is 0.283. The number of thioether (sulfide) groups is 1. The molecule has 0 aliphatic rings. The van der Waals surface area contributed by atoms with E-state index >= 15 is 0 Å². The van der Waals surface area contributed by atoms with Crippen LogP contribution in [0.5, 0.6) is 11.5 Å². The molecule has 1 heterocycles. The second-order valence-electron chi connectivity index (χ2n) is 6.99. The molecule has 0 aliphatic carbocycles. The number of anilines is 1. The number of rotatable bonds is 9. The van der Waals surface area contributed by atoms with Crippen LogP contribution in [-0.4, -0.2) is 30.4 Å². The average Bonchev–Trinajstić information content (AvgIpc) is 3.25. The molecule has 0 saturated carbocycles. The Balaban J connectivity index is 1.57. The van der Waals surface area contributed by atoms with Crippen LogP contribution in [0.15, 0.2) is 77.7 Å². The largest absolute Gasteiger partial charge is 0.497 e. The van der Waals surface area contributed by atoms with E-state index < -0.39 is 0 Å². The Bertz CT molecular complexity index is 1180. The molecular weight excluding hydrogens is 440 g/mol. The Labute approximate surface area is 196 Å². The summed E-state index contributed by atoms with van der Waals surface area (Å²) < 4.78 is 11.8. The third-order valence-electron chi connectivity index (χ3n) is 4.80. The van der Waals surface area contributed by atoms with Gasteiger partial charge in [-0.25, -0.2) is 4.98 Å². The molecule has 7 heteroatoms. The third-order valence-corrected chi connectivity index (χ3v) is 6.83. The smallest absolute Gasteiger partial charge is 0.239 e. The summed E-state index contributed by atoms with van der Waals surface area (Å²) in [7, 11) is 1.64. The van der Waals surface area contributed by atoms with Crippen molar-refractivity contribution in [3.63, 3.8) is 0 Å². The first kappa shape index (κ1) is 22.2. The molecular formula is C25H24N2O3S2. The maximum atomic E-state index is 13.3. The lowest BCUT2D eigenvalue weighted by molar-refractivity contribution is -0.116. The van der Waals surface area contributed by atoms with E-state index in [1.165, 1.54) is 23.1 Å². The fourth-order valence-corrected chi connectivity index (χ4v) is 4.97. The number of thiazole rings is 1. The summed E-state index contributed by atoms with van der Waals surface area (Å²) in [6, 6.07) is 23.6. The summed E-state index contributed by atoms with van der Waals surface area (Å²) in [6.45, 7) is 3.04. The van der Waals surface area contributed by atoms with Crippen LogP contribution in [0.1, 0.15) is 12.5 Å². The molecule has 3 aromatic carbocycles. The van der Waals surface area contributed by atoms with Gasteiger partial charge >= 0.3 is 0 Å². The summed E-state index contributed by atoms with van der Waals surface area (Å²) in [5.41, 5.74) is 1.92. The van der Waals surface area contributed by atoms with Crippen LogP contribution in [0, 0.1) is 0 Å². The number of nitrogens with zero attached hydrogens (tertiary/aromatic N) is 2. The maximum absolute atomic E-state index is 13.3. The van der Waals surface area contributed by atoms with Gasteiger partial charge in [0.1, 0.15) is 11.5 Å². The van der Waals surface area contributed by atoms with E-state index in [9.17, 15) is 4.79 Å². The van der Waals surface area contributed by atoms with Crippen LogP contribution in [0.4, 0.5) is 5.13 Å². The Morgan fingerprint density at radius 1 is 1.03 bits per heavy atom. The van der Waals surface area contributed by atoms with E-state index in [0.717, 1.165) is 32.2 Å². The molecule has 32 heavy (non-hydrogen) atoms. The second-order valence-corrected chi connectivity index (χ2v) is 9.05. The molecule has 1 aromatic heterocycles. The van der Waals surface area contributed by atoms with Crippen molar-refractivity contribution < 1.29 is 14.3 Å². The van der Waals surface area contributed by atoms with Crippen molar-refractivity contribution in [2.75, 3.05) is 24.4 Å². The maximum Gasteiger partial charge on any atom is 0.239 e. The van der Waals surface area contributed by atoms with Gasteiger partial charge < -0.3 is 9.47 Å². The highest BCUT2D eigenvalue weighted by atomic mass is 32.2. The molecule has 0 aliphatic heterocycles. The van der Waals surface area contributed by atoms with Crippen molar-refractivity contribution in [3.05, 3.63) is 78.4 Å². The Morgan fingerprint density at radius 2 is 1.78 bits per heavy atom. The second kappa shape index (κ2) is 10.5. The zero-order valence-electron chi connectivity index (χ0n) is 18.0. The van der Waals surface area contributed by atoms with Gasteiger partial charge in [-0.15, -0.1) is 11.8 Å². The summed E-state index contributed by atoms with van der Waals surface area (Å²) in [5.74, 6) is 1.94. The molecule has 4 rings (SSSR count). The molecule has 164 valence electrons. The monoisotopic (exact) mass is 464 g/mol. The van der Waals surface area contributed by atoms with E-state index in [1.54, 1.807) is 12.0 Å². The zero-order chi connectivity index (χ0) is 22.3. The first-order valence-electron chi connectivity index (χ1n) is 10.3. The van der Waals surface area contributed by atoms with E-state index in [2.05, 4.69) is 0 Å². The van der Waals surface area contributed by atoms with Gasteiger partial charge in [0.15, 0.2) is 5.13 Å². The van der Waals surface area contributed by atoms with Gasteiger partial charge in [0, 0.05) is 4.90 Å². The van der Waals surface area contributed by atoms with Gasteiger partial charge in [0.25, 0.3) is 0 Å². The lowest BCUT2D eigenvalue weighted by Gasteiger charge is -2.20. The van der Waals surface area contributed by atoms with Gasteiger partial charge in [-0.05, 0) is 55.0 Å². The highest BCUT2D eigenvalue weighted by molar-refractivity contribution is 8.00. The van der Waals surface area contributed by atoms with Crippen molar-refractivity contribution in [2.45, 2.75) is 18.4 Å². The van der Waals surface area contributed by atoms with Crippen molar-refractivity contribution in [3.8, 4) is 11.5 Å². The number of hydrogen-bond donors (Lipinski definition) is 0. The lowest BCUT2D eigenvalue weighted by Crippen LogP contribution is -2.31. The van der Waals surface area contributed by atoms with E-state index in [4.69, 9.17) is 14.5 Å². The van der Waals surface area contributed by atoms with Crippen molar-refractivity contribution >= 4 is 44.4 Å². The molecule has 0 fully saturated rings. The van der Waals surface area contributed by atoms with E-state index in [1.807, 2.05) is 79.7 Å². The molecule has 0 bridgehead atoms. The van der Waals surface area contributed by atoms with Crippen LogP contribution >= 0.6 is 23.1 Å². The average molecular weight is 465 g/mol. The SMILES string of the molecule is CCOc1ccc2nc(N(Cc3ccccc3)C(=O)CSc3ccc(OC)cc3)sc2c1. The molecule has 1 amide bonds. The van der Waals surface area contributed by atoms with E-state index in [0.29, 0.717) is 24.0 Å². The number of aromatic nitrogens is 1. The van der Waals surface area contributed by atoms with Crippen LogP contribution in [0.25, 0.3) is 10.2 Å². The molecule has 0 unspecified atom stereocenters. The topological polar surface area (TPSA) is 51.7 Å². The molecule has 0 spiro atoms. The van der Waals surface area contributed by atoms with Crippen molar-refractivity contribution in [1.29, 1.82) is 0 Å². The molecule has 0 atom stereocenters. The first-order valence-corrected chi connectivity index (χ1v) is 12.1. The number of amides is 1. The highest BCUT2D eigenvalue weighted by Crippen LogP contribution is 2.33.